The van der Waals surface area contributed by atoms with Gasteiger partial charge in [0.25, 0.3) is 5.91 Å². The lowest BCUT2D eigenvalue weighted by atomic mass is 9.81. The molecule has 1 fully saturated rings. The molecule has 1 amide bonds. The van der Waals surface area contributed by atoms with Gasteiger partial charge >= 0.3 is 0 Å². The quantitative estimate of drug-likeness (QED) is 0.656. The monoisotopic (exact) mass is 529 g/mol. The van der Waals surface area contributed by atoms with Crippen molar-refractivity contribution < 1.29 is 9.90 Å². The molecule has 2 aliphatic carbocycles. The van der Waals surface area contributed by atoms with E-state index in [9.17, 15) is 14.7 Å². The summed E-state index contributed by atoms with van der Waals surface area (Å²) in [6.45, 7) is 9.43. The normalized spacial score (nSPS) is 24.7. The Hall–Kier alpha value is -3.36. The van der Waals surface area contributed by atoms with Crippen LogP contribution in [-0.4, -0.2) is 82.9 Å². The molecule has 206 valence electrons. The number of likely N-dealkylation sites (N-methyl/N-ethyl adjacent to an activating group) is 1. The number of piperazine rings is 1. The molecule has 0 saturated carbocycles. The van der Waals surface area contributed by atoms with Crippen molar-refractivity contribution >= 4 is 5.91 Å². The van der Waals surface area contributed by atoms with Crippen LogP contribution in [0.4, 0.5) is 0 Å². The van der Waals surface area contributed by atoms with Gasteiger partial charge in [-0.25, -0.2) is 0 Å². The molecular weight excluding hydrogens is 490 g/mol. The average molecular weight is 530 g/mol. The van der Waals surface area contributed by atoms with Gasteiger partial charge in [-0.2, -0.15) is 0 Å². The molecule has 8 nitrogen and oxygen atoms in total. The number of aromatic hydroxyl groups is 1. The number of nitrogens with zero attached hydrogens (tertiary/aromatic N) is 5. The highest BCUT2D eigenvalue weighted by Gasteiger charge is 2.41. The van der Waals surface area contributed by atoms with Gasteiger partial charge in [0.05, 0.1) is 6.04 Å². The van der Waals surface area contributed by atoms with Crippen LogP contribution in [0.15, 0.2) is 64.6 Å². The van der Waals surface area contributed by atoms with Gasteiger partial charge in [0.15, 0.2) is 11.4 Å². The summed E-state index contributed by atoms with van der Waals surface area (Å²) in [5, 5.41) is 13.2. The summed E-state index contributed by atoms with van der Waals surface area (Å²) in [5.41, 5.74) is 4.79. The van der Waals surface area contributed by atoms with E-state index in [1.165, 1.54) is 28.3 Å². The highest BCUT2D eigenvalue weighted by molar-refractivity contribution is 5.96. The second-order valence-electron chi connectivity index (χ2n) is 11.7. The molecular formula is C31H39N5O3. The number of rotatable bonds is 4. The first-order valence-electron chi connectivity index (χ1n) is 14.2. The maximum atomic E-state index is 13.9. The Balaban J connectivity index is 1.46. The first-order chi connectivity index (χ1) is 18.8. The molecule has 3 unspecified atom stereocenters. The first kappa shape index (κ1) is 25.9. The summed E-state index contributed by atoms with van der Waals surface area (Å²) in [5.74, 6) is -0.432. The number of carbonyl (C=O) groups is 1. The second-order valence-corrected chi connectivity index (χ2v) is 11.7. The van der Waals surface area contributed by atoms with Crippen LogP contribution in [0.3, 0.4) is 0 Å². The Morgan fingerprint density at radius 1 is 1.05 bits per heavy atom. The van der Waals surface area contributed by atoms with E-state index in [4.69, 9.17) is 0 Å². The minimum absolute atomic E-state index is 0.0573. The van der Waals surface area contributed by atoms with E-state index < -0.39 is 11.2 Å². The van der Waals surface area contributed by atoms with Crippen LogP contribution in [0, 0.1) is 5.92 Å². The summed E-state index contributed by atoms with van der Waals surface area (Å²) >= 11 is 0. The van der Waals surface area contributed by atoms with Crippen LogP contribution in [0.25, 0.3) is 0 Å². The van der Waals surface area contributed by atoms with Gasteiger partial charge < -0.3 is 14.9 Å². The molecule has 0 spiro atoms. The molecule has 0 radical (unpaired) electrons. The van der Waals surface area contributed by atoms with Crippen LogP contribution >= 0.6 is 0 Å². The minimum atomic E-state index is -0.529. The van der Waals surface area contributed by atoms with E-state index in [-0.39, 0.29) is 23.7 Å². The topological polar surface area (TPSA) is 72.3 Å². The number of aromatic nitrogens is 1. The van der Waals surface area contributed by atoms with Crippen molar-refractivity contribution in [3.8, 4) is 5.75 Å². The lowest BCUT2D eigenvalue weighted by Crippen LogP contribution is -2.60. The van der Waals surface area contributed by atoms with Crippen LogP contribution in [0.1, 0.15) is 54.3 Å². The molecule has 4 aliphatic rings. The van der Waals surface area contributed by atoms with E-state index in [0.717, 1.165) is 52.0 Å². The number of amides is 1. The second kappa shape index (κ2) is 10.3. The highest BCUT2D eigenvalue weighted by atomic mass is 16.3. The summed E-state index contributed by atoms with van der Waals surface area (Å²) in [4.78, 5) is 33.1. The standard InChI is InChI=1S/C31H39N5O3/c1-21-7-6-9-24-12-11-23-8-4-5-10-25(23)28(27(21)24)36-20-34(22(2)19-33-17-15-32(3)16-18-33)31(39)29-30(38)26(37)13-14-35(29)36/h4-6,8-10,13-14,21-22,28,38H,7,11-12,15-20H2,1-3H3. The number of hydrogen-bond acceptors (Lipinski definition) is 6. The Labute approximate surface area is 230 Å². The largest absolute Gasteiger partial charge is 0.502 e. The van der Waals surface area contributed by atoms with Crippen molar-refractivity contribution in [2.24, 2.45) is 5.92 Å². The van der Waals surface area contributed by atoms with Crippen molar-refractivity contribution in [3.05, 3.63) is 86.9 Å². The fraction of sp³-hybridized carbons (Fsp3) is 0.484. The fourth-order valence-corrected chi connectivity index (χ4v) is 6.82. The Kier molecular flexibility index (Phi) is 6.85. The predicted molar refractivity (Wildman–Crippen MR) is 152 cm³/mol. The number of fused-ring (bicyclic) bond motifs is 2. The Bertz CT molecular complexity index is 1390. The number of pyridine rings is 1. The molecule has 39 heavy (non-hydrogen) atoms. The molecule has 0 bridgehead atoms. The zero-order chi connectivity index (χ0) is 27.3. The minimum Gasteiger partial charge on any atom is -0.502 e. The smallest absolute Gasteiger partial charge is 0.278 e. The first-order valence-corrected chi connectivity index (χ1v) is 14.2. The third-order valence-corrected chi connectivity index (χ3v) is 9.06. The van der Waals surface area contributed by atoms with E-state index in [1.54, 1.807) is 10.9 Å². The number of aryl methyl sites for hydroxylation is 1. The third kappa shape index (κ3) is 4.59. The number of carbonyl (C=O) groups excluding carboxylic acids is 1. The van der Waals surface area contributed by atoms with Gasteiger partial charge in [0.2, 0.25) is 5.43 Å². The van der Waals surface area contributed by atoms with Gasteiger partial charge in [0.1, 0.15) is 6.67 Å². The van der Waals surface area contributed by atoms with Crippen molar-refractivity contribution in [3.63, 3.8) is 0 Å². The maximum Gasteiger partial charge on any atom is 0.278 e. The summed E-state index contributed by atoms with van der Waals surface area (Å²) in [6.07, 6.45) is 9.12. The van der Waals surface area contributed by atoms with Crippen LogP contribution < -0.4 is 10.4 Å². The van der Waals surface area contributed by atoms with Crippen LogP contribution in [0.2, 0.25) is 0 Å². The van der Waals surface area contributed by atoms with Gasteiger partial charge in [0, 0.05) is 51.0 Å². The third-order valence-electron chi connectivity index (χ3n) is 9.06. The number of benzene rings is 1. The molecule has 3 heterocycles. The van der Waals surface area contributed by atoms with E-state index in [0.29, 0.717) is 12.6 Å². The fourth-order valence-electron chi connectivity index (χ4n) is 6.82. The molecule has 8 heteroatoms. The average Bonchev–Trinajstić information content (AvgIpc) is 3.10. The molecule has 2 aliphatic heterocycles. The predicted octanol–water partition coefficient (Wildman–Crippen LogP) is 3.12. The van der Waals surface area contributed by atoms with Gasteiger partial charge in [-0.1, -0.05) is 43.3 Å². The number of hydrogen-bond donors (Lipinski definition) is 1. The van der Waals surface area contributed by atoms with Crippen molar-refractivity contribution in [2.45, 2.75) is 45.2 Å². The van der Waals surface area contributed by atoms with Gasteiger partial charge in [-0.3, -0.25) is 24.2 Å². The molecule has 1 N–H and O–H groups in total. The molecule has 6 rings (SSSR count). The zero-order valence-corrected chi connectivity index (χ0v) is 23.2. The summed E-state index contributed by atoms with van der Waals surface area (Å²) in [7, 11) is 2.14. The zero-order valence-electron chi connectivity index (χ0n) is 23.2. The Morgan fingerprint density at radius 3 is 2.62 bits per heavy atom. The van der Waals surface area contributed by atoms with Crippen molar-refractivity contribution in [1.29, 1.82) is 0 Å². The molecule has 1 saturated heterocycles. The SMILES string of the molecule is CC1CC=CC2=C1C(N1CN(C(C)CN3CCN(C)CC3)C(=O)c3c(O)c(=O)ccn31)c1ccccc1CC2. The maximum absolute atomic E-state index is 13.9. The number of allylic oxidation sites excluding steroid dienone is 3. The molecule has 1 aromatic heterocycles. The Morgan fingerprint density at radius 2 is 1.82 bits per heavy atom. The van der Waals surface area contributed by atoms with Crippen LogP contribution in [0.5, 0.6) is 5.75 Å². The van der Waals surface area contributed by atoms with Gasteiger partial charge in [-0.05, 0) is 61.4 Å². The summed E-state index contributed by atoms with van der Waals surface area (Å²) < 4.78 is 1.75. The highest BCUT2D eigenvalue weighted by Crippen LogP contribution is 2.44. The van der Waals surface area contributed by atoms with E-state index in [2.05, 4.69) is 72.1 Å². The van der Waals surface area contributed by atoms with Crippen LogP contribution in [-0.2, 0) is 6.42 Å². The van der Waals surface area contributed by atoms with E-state index in [1.807, 2.05) is 4.90 Å². The lowest BCUT2D eigenvalue weighted by Gasteiger charge is -2.48. The van der Waals surface area contributed by atoms with Gasteiger partial charge in [-0.15, -0.1) is 0 Å². The summed E-state index contributed by atoms with van der Waals surface area (Å²) in [6, 6.07) is 9.76. The molecule has 3 atom stereocenters. The lowest BCUT2D eigenvalue weighted by molar-refractivity contribution is 0.0518. The van der Waals surface area contributed by atoms with Crippen molar-refractivity contribution in [2.75, 3.05) is 51.4 Å². The molecule has 2 aromatic rings. The van der Waals surface area contributed by atoms with E-state index >= 15 is 0 Å². The van der Waals surface area contributed by atoms with Crippen molar-refractivity contribution in [1.82, 2.24) is 19.4 Å². The molecule has 1 aromatic carbocycles.